The minimum Gasteiger partial charge on any atom is -0.327 e. The van der Waals surface area contributed by atoms with E-state index in [0.717, 1.165) is 5.56 Å². The van der Waals surface area contributed by atoms with E-state index in [1.54, 1.807) is 12.1 Å². The molecule has 2 N–H and O–H groups in total. The van der Waals surface area contributed by atoms with Gasteiger partial charge in [-0.05, 0) is 24.5 Å². The molecule has 0 aromatic heterocycles. The molecule has 0 aliphatic heterocycles. The number of nitrogens with two attached hydrogens (primary N) is 1. The summed E-state index contributed by atoms with van der Waals surface area (Å²) >= 11 is 0. The Bertz CT molecular complexity index is 481. The van der Waals surface area contributed by atoms with Crippen LogP contribution in [-0.2, 0) is 0 Å². The van der Waals surface area contributed by atoms with Gasteiger partial charge in [-0.1, -0.05) is 19.9 Å². The normalized spacial score (nSPS) is 14.0. The zero-order chi connectivity index (χ0) is 13.9. The van der Waals surface area contributed by atoms with E-state index in [1.807, 2.05) is 26.8 Å². The van der Waals surface area contributed by atoms with E-state index < -0.39 is 4.92 Å². The van der Waals surface area contributed by atoms with E-state index in [9.17, 15) is 10.1 Å². The molecule has 0 aliphatic rings. The van der Waals surface area contributed by atoms with Gasteiger partial charge in [0, 0.05) is 18.0 Å². The largest absolute Gasteiger partial charge is 0.327 e. The highest BCUT2D eigenvalue weighted by molar-refractivity contribution is 5.51. The zero-order valence-electron chi connectivity index (χ0n) is 10.8. The number of nitro groups is 1. The van der Waals surface area contributed by atoms with Crippen LogP contribution in [-0.4, -0.2) is 11.0 Å². The first-order valence-corrected chi connectivity index (χ1v) is 5.82. The quantitative estimate of drug-likeness (QED) is 0.653. The van der Waals surface area contributed by atoms with Gasteiger partial charge < -0.3 is 5.73 Å². The van der Waals surface area contributed by atoms with Gasteiger partial charge in [-0.3, -0.25) is 10.1 Å². The van der Waals surface area contributed by atoms with E-state index >= 15 is 0 Å². The fourth-order valence-corrected chi connectivity index (χ4v) is 2.31. The van der Waals surface area contributed by atoms with Crippen molar-refractivity contribution in [3.63, 3.8) is 0 Å². The highest BCUT2D eigenvalue weighted by Crippen LogP contribution is 2.30. The van der Waals surface area contributed by atoms with E-state index in [0.29, 0.717) is 5.92 Å². The lowest BCUT2D eigenvalue weighted by molar-refractivity contribution is -0.385. The van der Waals surface area contributed by atoms with Crippen molar-refractivity contribution >= 4 is 5.69 Å². The van der Waals surface area contributed by atoms with E-state index in [2.05, 4.69) is 0 Å². The Morgan fingerprint density at radius 3 is 2.39 bits per heavy atom. The molecular formula is C13H17N3O2. The molecule has 5 heteroatoms. The van der Waals surface area contributed by atoms with Crippen LogP contribution in [0.2, 0.25) is 0 Å². The van der Waals surface area contributed by atoms with Crippen molar-refractivity contribution < 1.29 is 4.92 Å². The van der Waals surface area contributed by atoms with Crippen LogP contribution in [0.1, 0.15) is 37.8 Å². The van der Waals surface area contributed by atoms with Gasteiger partial charge in [0.25, 0.3) is 5.69 Å². The minimum absolute atomic E-state index is 0.0713. The number of nitro benzene ring substituents is 1. The summed E-state index contributed by atoms with van der Waals surface area (Å²) in [6.45, 7) is 5.99. The molecule has 0 heterocycles. The fourth-order valence-electron chi connectivity index (χ4n) is 2.31. The van der Waals surface area contributed by atoms with E-state index in [4.69, 9.17) is 11.0 Å². The number of hydrogen-bond donors (Lipinski definition) is 1. The van der Waals surface area contributed by atoms with Crippen LogP contribution in [0.5, 0.6) is 0 Å². The standard InChI is InChI=1S/C13H17N3O2/c1-8(2)13(9(3)15)10-4-5-12(16(17)18)11(6-10)7-14/h4-6,8-9,13H,15H2,1-3H3. The van der Waals surface area contributed by atoms with Crippen LogP contribution in [0, 0.1) is 27.4 Å². The van der Waals surface area contributed by atoms with Crippen LogP contribution in [0.25, 0.3) is 0 Å². The molecule has 5 nitrogen and oxygen atoms in total. The number of benzene rings is 1. The third-order valence-corrected chi connectivity index (χ3v) is 3.01. The molecule has 1 aromatic carbocycles. The molecule has 1 aromatic rings. The molecule has 1 rings (SSSR count). The maximum atomic E-state index is 10.8. The highest BCUT2D eigenvalue weighted by atomic mass is 16.6. The Kier molecular flexibility index (Phi) is 4.40. The zero-order valence-corrected chi connectivity index (χ0v) is 10.8. The van der Waals surface area contributed by atoms with Gasteiger partial charge in [0.2, 0.25) is 0 Å². The average molecular weight is 247 g/mol. The first-order chi connectivity index (χ1) is 8.38. The number of nitriles is 1. The van der Waals surface area contributed by atoms with E-state index in [1.165, 1.54) is 6.07 Å². The number of nitrogens with zero attached hydrogens (tertiary/aromatic N) is 2. The topological polar surface area (TPSA) is 93.0 Å². The molecule has 0 aliphatic carbocycles. The Morgan fingerprint density at radius 1 is 1.39 bits per heavy atom. The van der Waals surface area contributed by atoms with Crippen molar-refractivity contribution in [3.05, 3.63) is 39.4 Å². The van der Waals surface area contributed by atoms with Crippen LogP contribution in [0.4, 0.5) is 5.69 Å². The lowest BCUT2D eigenvalue weighted by Crippen LogP contribution is -2.28. The van der Waals surface area contributed by atoms with Gasteiger partial charge in [0.1, 0.15) is 11.6 Å². The van der Waals surface area contributed by atoms with Crippen molar-refractivity contribution in [2.45, 2.75) is 32.7 Å². The highest BCUT2D eigenvalue weighted by Gasteiger charge is 2.23. The van der Waals surface area contributed by atoms with Crippen LogP contribution in [0.3, 0.4) is 0 Å². The molecule has 0 saturated carbocycles. The van der Waals surface area contributed by atoms with Crippen LogP contribution in [0.15, 0.2) is 18.2 Å². The maximum absolute atomic E-state index is 10.8. The van der Waals surface area contributed by atoms with Gasteiger partial charge in [0.15, 0.2) is 0 Å². The molecule has 0 saturated heterocycles. The van der Waals surface area contributed by atoms with Gasteiger partial charge in [-0.15, -0.1) is 0 Å². The summed E-state index contributed by atoms with van der Waals surface area (Å²) in [6.07, 6.45) is 0. The number of hydrogen-bond acceptors (Lipinski definition) is 4. The molecule has 0 spiro atoms. The second-order valence-electron chi connectivity index (χ2n) is 4.77. The van der Waals surface area contributed by atoms with E-state index in [-0.39, 0.29) is 23.2 Å². The molecule has 2 atom stereocenters. The first-order valence-electron chi connectivity index (χ1n) is 5.82. The lowest BCUT2D eigenvalue weighted by atomic mass is 9.83. The average Bonchev–Trinajstić information content (AvgIpc) is 2.27. The summed E-state index contributed by atoms with van der Waals surface area (Å²) in [6, 6.07) is 6.44. The summed E-state index contributed by atoms with van der Waals surface area (Å²) in [7, 11) is 0. The van der Waals surface area contributed by atoms with Gasteiger partial charge >= 0.3 is 0 Å². The monoisotopic (exact) mass is 247 g/mol. The van der Waals surface area contributed by atoms with Gasteiger partial charge in [-0.2, -0.15) is 5.26 Å². The third kappa shape index (κ3) is 2.84. The summed E-state index contributed by atoms with van der Waals surface area (Å²) < 4.78 is 0. The first kappa shape index (κ1) is 14.1. The molecule has 96 valence electrons. The molecule has 18 heavy (non-hydrogen) atoms. The molecule has 2 unspecified atom stereocenters. The smallest absolute Gasteiger partial charge is 0.287 e. The van der Waals surface area contributed by atoms with Gasteiger partial charge in [-0.25, -0.2) is 0 Å². The molecule has 0 amide bonds. The van der Waals surface area contributed by atoms with Crippen molar-refractivity contribution in [2.75, 3.05) is 0 Å². The van der Waals surface area contributed by atoms with Crippen molar-refractivity contribution in [1.29, 1.82) is 5.26 Å². The maximum Gasteiger partial charge on any atom is 0.287 e. The predicted molar refractivity (Wildman–Crippen MR) is 69.0 cm³/mol. The molecular weight excluding hydrogens is 230 g/mol. The molecule has 0 radical (unpaired) electrons. The van der Waals surface area contributed by atoms with Crippen LogP contribution < -0.4 is 5.73 Å². The van der Waals surface area contributed by atoms with Crippen molar-refractivity contribution in [2.24, 2.45) is 11.7 Å². The summed E-state index contributed by atoms with van der Waals surface area (Å²) in [5.74, 6) is 0.385. The number of rotatable bonds is 4. The second-order valence-corrected chi connectivity index (χ2v) is 4.77. The SMILES string of the molecule is CC(C)C(c1ccc([N+](=O)[O-])c(C#N)c1)C(C)N. The third-order valence-electron chi connectivity index (χ3n) is 3.01. The van der Waals surface area contributed by atoms with Crippen molar-refractivity contribution in [1.82, 2.24) is 0 Å². The molecule has 0 fully saturated rings. The Morgan fingerprint density at radius 2 is 2.00 bits per heavy atom. The fraction of sp³-hybridized carbons (Fsp3) is 0.462. The summed E-state index contributed by atoms with van der Waals surface area (Å²) in [5.41, 5.74) is 6.75. The second kappa shape index (κ2) is 5.61. The van der Waals surface area contributed by atoms with Crippen molar-refractivity contribution in [3.8, 4) is 6.07 Å². The minimum atomic E-state index is -0.543. The van der Waals surface area contributed by atoms with Crippen LogP contribution >= 0.6 is 0 Å². The van der Waals surface area contributed by atoms with Gasteiger partial charge in [0.05, 0.1) is 4.92 Å². The predicted octanol–water partition coefficient (Wildman–Crippen LogP) is 2.55. The summed E-state index contributed by atoms with van der Waals surface area (Å²) in [5, 5.41) is 19.7. The Hall–Kier alpha value is -1.93. The summed E-state index contributed by atoms with van der Waals surface area (Å²) in [4.78, 5) is 10.2. The lowest BCUT2D eigenvalue weighted by Gasteiger charge is -2.25. The molecule has 0 bridgehead atoms. The Balaban J connectivity index is 3.28. The Labute approximate surface area is 106 Å².